The first-order valence-corrected chi connectivity index (χ1v) is 3.02. The molecule has 0 aliphatic rings. The molecule has 1 aromatic rings. The van der Waals surface area contributed by atoms with E-state index in [1.807, 2.05) is 0 Å². The van der Waals surface area contributed by atoms with Crippen LogP contribution >= 0.6 is 0 Å². The lowest BCUT2D eigenvalue weighted by atomic mass is 10.3. The molecule has 1 rings (SSSR count). The summed E-state index contributed by atoms with van der Waals surface area (Å²) >= 11 is 0. The molecule has 0 spiro atoms. The fraction of sp³-hybridized carbons (Fsp3) is 1.00. The number of unbranched alkanes of at least 4 members (excludes halogenated alkanes) is 1. The summed E-state index contributed by atoms with van der Waals surface area (Å²) in [4.78, 5) is 1.49. The van der Waals surface area contributed by atoms with Crippen LogP contribution in [0.25, 0.3) is 0 Å². The Hall–Kier alpha value is -1.00. The van der Waals surface area contributed by atoms with E-state index in [0.717, 1.165) is 19.4 Å². The van der Waals surface area contributed by atoms with Gasteiger partial charge in [-0.1, -0.05) is 13.3 Å². The van der Waals surface area contributed by atoms with Gasteiger partial charge in [-0.2, -0.15) is 0 Å². The van der Waals surface area contributed by atoms with Crippen molar-refractivity contribution in [1.29, 1.82) is 0 Å². The quantitative estimate of drug-likeness (QED) is 0.567. The highest BCUT2D eigenvalue weighted by atomic mass is 15.7. The van der Waals surface area contributed by atoms with Crippen LogP contribution in [0, 0.1) is 0 Å². The molecule has 0 saturated carbocycles. The number of aromatic nitrogens is 5. The van der Waals surface area contributed by atoms with E-state index in [9.17, 15) is 0 Å². The predicted molar refractivity (Wildman–Crippen MR) is 30.5 cm³/mol. The second kappa shape index (κ2) is 3.11. The van der Waals surface area contributed by atoms with Crippen molar-refractivity contribution in [1.82, 2.24) is 25.7 Å². The molecule has 0 aliphatic carbocycles. The minimum Gasteiger partial charge on any atom is -0.144 e. The summed E-state index contributed by atoms with van der Waals surface area (Å²) in [6.07, 6.45) is 2.22. The van der Waals surface area contributed by atoms with Crippen LogP contribution < -0.4 is 0 Å². The van der Waals surface area contributed by atoms with E-state index >= 15 is 0 Å². The third-order valence-electron chi connectivity index (χ3n) is 1.04. The van der Waals surface area contributed by atoms with E-state index in [-0.39, 0.29) is 0 Å². The highest BCUT2D eigenvalue weighted by molar-refractivity contribution is 4.30. The van der Waals surface area contributed by atoms with E-state index in [0.29, 0.717) is 0 Å². The van der Waals surface area contributed by atoms with Crippen LogP contribution in [0.1, 0.15) is 19.8 Å². The largest absolute Gasteiger partial charge is 0.144 e. The van der Waals surface area contributed by atoms with Gasteiger partial charge in [0.2, 0.25) is 0 Å². The van der Waals surface area contributed by atoms with Crippen LogP contribution in [0.2, 0.25) is 0 Å². The molecular formula is C4H9N5. The van der Waals surface area contributed by atoms with Crippen molar-refractivity contribution in [3.05, 3.63) is 0 Å². The summed E-state index contributed by atoms with van der Waals surface area (Å²) in [7, 11) is 0. The molecule has 0 N–H and O–H groups in total. The minimum absolute atomic E-state index is 0.823. The normalized spacial score (nSPS) is 9.89. The Morgan fingerprint density at radius 2 is 1.89 bits per heavy atom. The smallest absolute Gasteiger partial charge is 0.0643 e. The van der Waals surface area contributed by atoms with E-state index in [2.05, 4.69) is 27.8 Å². The van der Waals surface area contributed by atoms with Crippen LogP contribution in [0.3, 0.4) is 0 Å². The van der Waals surface area contributed by atoms with Crippen molar-refractivity contribution in [2.75, 3.05) is 0 Å². The molecule has 0 saturated heterocycles. The molecule has 1 aromatic heterocycles. The molecular weight excluding hydrogens is 118 g/mol. The zero-order chi connectivity index (χ0) is 6.53. The first kappa shape index (κ1) is 6.12. The van der Waals surface area contributed by atoms with Crippen molar-refractivity contribution in [3.63, 3.8) is 0 Å². The summed E-state index contributed by atoms with van der Waals surface area (Å²) in [5.74, 6) is 0. The molecule has 0 bridgehead atoms. The third-order valence-corrected chi connectivity index (χ3v) is 1.04. The number of hydrogen-bond donors (Lipinski definition) is 0. The van der Waals surface area contributed by atoms with Crippen LogP contribution in [0.4, 0.5) is 0 Å². The molecule has 0 aliphatic heterocycles. The van der Waals surface area contributed by atoms with Crippen molar-refractivity contribution < 1.29 is 0 Å². The van der Waals surface area contributed by atoms with E-state index < -0.39 is 0 Å². The van der Waals surface area contributed by atoms with Crippen LogP contribution in [-0.4, -0.2) is 25.7 Å². The van der Waals surface area contributed by atoms with Crippen molar-refractivity contribution in [2.24, 2.45) is 0 Å². The standard InChI is InChI=1S/C4H9N5/c1-2-3-4-9-7-5-6-8-9/h2-4H2,1H3. The molecule has 0 aromatic carbocycles. The number of hydrogen-bond acceptors (Lipinski definition) is 4. The number of aryl methyl sites for hydroxylation is 1. The molecule has 50 valence electrons. The van der Waals surface area contributed by atoms with Gasteiger partial charge in [-0.25, -0.2) is 0 Å². The average molecular weight is 127 g/mol. The van der Waals surface area contributed by atoms with E-state index in [1.54, 1.807) is 0 Å². The van der Waals surface area contributed by atoms with Gasteiger partial charge in [0.15, 0.2) is 0 Å². The lowest BCUT2D eigenvalue weighted by Crippen LogP contribution is -2.01. The van der Waals surface area contributed by atoms with Gasteiger partial charge >= 0.3 is 0 Å². The lowest BCUT2D eigenvalue weighted by molar-refractivity contribution is 0.490. The summed E-state index contributed by atoms with van der Waals surface area (Å²) < 4.78 is 0. The fourth-order valence-electron chi connectivity index (χ4n) is 0.535. The Morgan fingerprint density at radius 3 is 2.44 bits per heavy atom. The molecule has 0 fully saturated rings. The van der Waals surface area contributed by atoms with Crippen molar-refractivity contribution >= 4 is 0 Å². The van der Waals surface area contributed by atoms with Crippen LogP contribution in [0.5, 0.6) is 0 Å². The van der Waals surface area contributed by atoms with Crippen molar-refractivity contribution in [3.8, 4) is 0 Å². The Morgan fingerprint density at radius 1 is 1.22 bits per heavy atom. The summed E-state index contributed by atoms with van der Waals surface area (Å²) in [5.41, 5.74) is 0. The number of nitrogens with zero attached hydrogens (tertiary/aromatic N) is 5. The van der Waals surface area contributed by atoms with Gasteiger partial charge < -0.3 is 0 Å². The first-order valence-electron chi connectivity index (χ1n) is 3.02. The highest BCUT2D eigenvalue weighted by Gasteiger charge is 1.89. The van der Waals surface area contributed by atoms with Gasteiger partial charge in [-0.3, -0.25) is 0 Å². The summed E-state index contributed by atoms with van der Waals surface area (Å²) in [5, 5.41) is 13.9. The van der Waals surface area contributed by atoms with Crippen LogP contribution in [-0.2, 0) is 6.54 Å². The molecule has 0 radical (unpaired) electrons. The molecule has 5 heteroatoms. The monoisotopic (exact) mass is 127 g/mol. The topological polar surface area (TPSA) is 56.5 Å². The van der Waals surface area contributed by atoms with Gasteiger partial charge in [0.05, 0.1) is 6.54 Å². The second-order valence-corrected chi connectivity index (χ2v) is 1.81. The molecule has 1 heterocycles. The fourth-order valence-corrected chi connectivity index (χ4v) is 0.535. The predicted octanol–water partition coefficient (Wildman–Crippen LogP) is -0.132. The number of rotatable bonds is 3. The zero-order valence-electron chi connectivity index (χ0n) is 5.36. The zero-order valence-corrected chi connectivity index (χ0v) is 5.36. The summed E-state index contributed by atoms with van der Waals surface area (Å²) in [6, 6.07) is 0. The maximum Gasteiger partial charge on any atom is 0.0643 e. The van der Waals surface area contributed by atoms with Crippen LogP contribution in [0.15, 0.2) is 0 Å². The van der Waals surface area contributed by atoms with Gasteiger partial charge in [0, 0.05) is 0 Å². The maximum atomic E-state index is 3.60. The molecule has 5 nitrogen and oxygen atoms in total. The maximum absolute atomic E-state index is 3.60. The van der Waals surface area contributed by atoms with E-state index in [4.69, 9.17) is 0 Å². The third kappa shape index (κ3) is 1.75. The summed E-state index contributed by atoms with van der Waals surface area (Å²) in [6.45, 7) is 2.94. The SMILES string of the molecule is CCCCn1nnnn1. The molecule has 0 atom stereocenters. The Bertz CT molecular complexity index is 146. The Labute approximate surface area is 53.0 Å². The molecule has 9 heavy (non-hydrogen) atoms. The van der Waals surface area contributed by atoms with Gasteiger partial charge in [-0.15, -0.1) is 4.80 Å². The van der Waals surface area contributed by atoms with Gasteiger partial charge in [0.1, 0.15) is 0 Å². The molecule has 0 amide bonds. The Balaban J connectivity index is 2.30. The minimum atomic E-state index is 0.823. The highest BCUT2D eigenvalue weighted by Crippen LogP contribution is 1.86. The lowest BCUT2D eigenvalue weighted by Gasteiger charge is -1.90. The Kier molecular flexibility index (Phi) is 2.12. The first-order chi connectivity index (χ1) is 4.43. The van der Waals surface area contributed by atoms with Gasteiger partial charge in [0.25, 0.3) is 0 Å². The van der Waals surface area contributed by atoms with E-state index in [1.165, 1.54) is 4.80 Å². The van der Waals surface area contributed by atoms with Gasteiger partial charge in [-0.05, 0) is 27.3 Å². The average Bonchev–Trinajstić information content (AvgIpc) is 2.34. The second-order valence-electron chi connectivity index (χ2n) is 1.81. The van der Waals surface area contributed by atoms with Crippen molar-refractivity contribution in [2.45, 2.75) is 26.3 Å². The molecule has 0 unspecified atom stereocenters.